The number of ether oxygens (including phenoxy) is 1. The van der Waals surface area contributed by atoms with Gasteiger partial charge in [0.05, 0.1) is 25.8 Å². The molecule has 3 amide bonds. The number of hydrogen-bond acceptors (Lipinski definition) is 4. The zero-order valence-corrected chi connectivity index (χ0v) is 15.6. The monoisotopic (exact) mass is 389 g/mol. The first-order chi connectivity index (χ1) is 13.0. The van der Waals surface area contributed by atoms with Crippen LogP contribution in [0.15, 0.2) is 30.5 Å². The Kier molecular flexibility index (Phi) is 4.65. The van der Waals surface area contributed by atoms with Crippen molar-refractivity contribution in [3.05, 3.63) is 46.7 Å². The minimum Gasteiger partial charge on any atom is -0.487 e. The van der Waals surface area contributed by atoms with Crippen LogP contribution >= 0.6 is 11.6 Å². The average Bonchev–Trinajstić information content (AvgIpc) is 3.04. The van der Waals surface area contributed by atoms with Crippen LogP contribution in [0.2, 0.25) is 5.02 Å². The first-order valence-corrected chi connectivity index (χ1v) is 9.14. The molecule has 1 fully saturated rings. The second kappa shape index (κ2) is 7.11. The molecule has 2 aliphatic heterocycles. The molecule has 142 valence electrons. The second-order valence-electron chi connectivity index (χ2n) is 6.73. The Morgan fingerprint density at radius 1 is 1.30 bits per heavy atom. The number of likely N-dealkylation sites (tertiary alicyclic amines) is 1. The van der Waals surface area contributed by atoms with Gasteiger partial charge in [0.2, 0.25) is 0 Å². The van der Waals surface area contributed by atoms with Gasteiger partial charge in [0.1, 0.15) is 17.5 Å². The molecule has 1 aromatic carbocycles. The van der Waals surface area contributed by atoms with E-state index in [1.165, 1.54) is 0 Å². The SMILES string of the molecule is CN1CCn2ncc(CNC(=O)N3CC(Oc4ccc(Cl)cc4)C3)c2C1=O. The number of rotatable bonds is 4. The summed E-state index contributed by atoms with van der Waals surface area (Å²) < 4.78 is 7.49. The van der Waals surface area contributed by atoms with Gasteiger partial charge in [0, 0.05) is 30.7 Å². The van der Waals surface area contributed by atoms with E-state index in [9.17, 15) is 9.59 Å². The molecule has 3 heterocycles. The topological polar surface area (TPSA) is 79.7 Å². The van der Waals surface area contributed by atoms with Gasteiger partial charge in [-0.15, -0.1) is 0 Å². The van der Waals surface area contributed by atoms with Crippen LogP contribution in [0.4, 0.5) is 4.79 Å². The predicted molar refractivity (Wildman–Crippen MR) is 98.9 cm³/mol. The van der Waals surface area contributed by atoms with Gasteiger partial charge < -0.3 is 19.9 Å². The maximum absolute atomic E-state index is 12.3. The van der Waals surface area contributed by atoms with Crippen LogP contribution in [0.1, 0.15) is 16.1 Å². The zero-order chi connectivity index (χ0) is 19.0. The number of aromatic nitrogens is 2. The van der Waals surface area contributed by atoms with Gasteiger partial charge in [-0.3, -0.25) is 9.48 Å². The number of halogens is 1. The smallest absolute Gasteiger partial charge is 0.317 e. The van der Waals surface area contributed by atoms with Crippen LogP contribution in [0.5, 0.6) is 5.75 Å². The minimum absolute atomic E-state index is 0.0314. The van der Waals surface area contributed by atoms with Gasteiger partial charge in [-0.05, 0) is 24.3 Å². The van der Waals surface area contributed by atoms with Crippen LogP contribution in [-0.4, -0.2) is 64.3 Å². The van der Waals surface area contributed by atoms with Gasteiger partial charge >= 0.3 is 6.03 Å². The molecule has 0 aliphatic carbocycles. The van der Waals surface area contributed by atoms with Crippen molar-refractivity contribution in [3.8, 4) is 5.75 Å². The van der Waals surface area contributed by atoms with E-state index >= 15 is 0 Å². The Morgan fingerprint density at radius 2 is 2.04 bits per heavy atom. The van der Waals surface area contributed by atoms with Crippen LogP contribution in [0.25, 0.3) is 0 Å². The maximum Gasteiger partial charge on any atom is 0.317 e. The minimum atomic E-state index is -0.178. The summed E-state index contributed by atoms with van der Waals surface area (Å²) in [4.78, 5) is 27.9. The molecule has 8 nitrogen and oxygen atoms in total. The molecule has 9 heteroatoms. The van der Waals surface area contributed by atoms with Crippen LogP contribution in [0.3, 0.4) is 0 Å². The summed E-state index contributed by atoms with van der Waals surface area (Å²) >= 11 is 5.85. The molecule has 1 saturated heterocycles. The number of hydrogen-bond donors (Lipinski definition) is 1. The molecule has 2 aliphatic rings. The molecule has 0 saturated carbocycles. The molecule has 1 N–H and O–H groups in total. The third-order valence-corrected chi connectivity index (χ3v) is 5.05. The lowest BCUT2D eigenvalue weighted by Gasteiger charge is -2.38. The van der Waals surface area contributed by atoms with Crippen molar-refractivity contribution in [1.82, 2.24) is 24.9 Å². The van der Waals surface area contributed by atoms with E-state index in [0.717, 1.165) is 11.3 Å². The number of nitrogens with zero attached hydrogens (tertiary/aromatic N) is 4. The number of urea groups is 1. The molecular formula is C18H20ClN5O3. The summed E-state index contributed by atoms with van der Waals surface area (Å²) in [6, 6.07) is 6.98. The van der Waals surface area contributed by atoms with Crippen LogP contribution in [-0.2, 0) is 13.1 Å². The van der Waals surface area contributed by atoms with E-state index in [1.54, 1.807) is 39.9 Å². The highest BCUT2D eigenvalue weighted by atomic mass is 35.5. The molecule has 0 spiro atoms. The summed E-state index contributed by atoms with van der Waals surface area (Å²) in [5.74, 6) is 0.669. The number of nitrogens with one attached hydrogen (secondary N) is 1. The highest BCUT2D eigenvalue weighted by Gasteiger charge is 2.33. The van der Waals surface area contributed by atoms with Crippen molar-refractivity contribution >= 4 is 23.5 Å². The summed E-state index contributed by atoms with van der Waals surface area (Å²) in [5.41, 5.74) is 1.28. The van der Waals surface area contributed by atoms with Crippen molar-refractivity contribution < 1.29 is 14.3 Å². The van der Waals surface area contributed by atoms with Crippen molar-refractivity contribution in [1.29, 1.82) is 0 Å². The van der Waals surface area contributed by atoms with E-state index in [0.29, 0.717) is 36.9 Å². The molecule has 4 rings (SSSR count). The lowest BCUT2D eigenvalue weighted by molar-refractivity contribution is 0.0443. The van der Waals surface area contributed by atoms with E-state index in [-0.39, 0.29) is 24.6 Å². The van der Waals surface area contributed by atoms with E-state index in [2.05, 4.69) is 10.4 Å². The molecule has 0 unspecified atom stereocenters. The summed E-state index contributed by atoms with van der Waals surface area (Å²) in [7, 11) is 1.77. The highest BCUT2D eigenvalue weighted by molar-refractivity contribution is 6.30. The first-order valence-electron chi connectivity index (χ1n) is 8.76. The molecule has 0 atom stereocenters. The lowest BCUT2D eigenvalue weighted by atomic mass is 10.1. The van der Waals surface area contributed by atoms with Crippen LogP contribution in [0, 0.1) is 0 Å². The first kappa shape index (κ1) is 17.7. The number of carbonyl (C=O) groups is 2. The summed E-state index contributed by atoms with van der Waals surface area (Å²) in [6.07, 6.45) is 1.62. The molecular weight excluding hydrogens is 370 g/mol. The Hall–Kier alpha value is -2.74. The third-order valence-electron chi connectivity index (χ3n) is 4.79. The van der Waals surface area contributed by atoms with Crippen molar-refractivity contribution in [2.75, 3.05) is 26.7 Å². The van der Waals surface area contributed by atoms with E-state index in [4.69, 9.17) is 16.3 Å². The highest BCUT2D eigenvalue weighted by Crippen LogP contribution is 2.21. The largest absolute Gasteiger partial charge is 0.487 e. The van der Waals surface area contributed by atoms with Crippen molar-refractivity contribution in [2.45, 2.75) is 19.2 Å². The average molecular weight is 390 g/mol. The van der Waals surface area contributed by atoms with Gasteiger partial charge in [-0.2, -0.15) is 5.10 Å². The van der Waals surface area contributed by atoms with Gasteiger partial charge in [0.15, 0.2) is 0 Å². The number of amides is 3. The Morgan fingerprint density at radius 3 is 2.78 bits per heavy atom. The molecule has 2 aromatic rings. The Bertz CT molecular complexity index is 860. The summed E-state index contributed by atoms with van der Waals surface area (Å²) in [6.45, 7) is 2.61. The van der Waals surface area contributed by atoms with Gasteiger partial charge in [-0.25, -0.2) is 4.79 Å². The number of benzene rings is 1. The molecule has 0 radical (unpaired) electrons. The molecule has 27 heavy (non-hydrogen) atoms. The fraction of sp³-hybridized carbons (Fsp3) is 0.389. The lowest BCUT2D eigenvalue weighted by Crippen LogP contribution is -2.58. The van der Waals surface area contributed by atoms with Gasteiger partial charge in [0.25, 0.3) is 5.91 Å². The Labute approximate surface area is 161 Å². The number of carbonyl (C=O) groups excluding carboxylic acids is 2. The van der Waals surface area contributed by atoms with E-state index < -0.39 is 0 Å². The fourth-order valence-corrected chi connectivity index (χ4v) is 3.29. The predicted octanol–water partition coefficient (Wildman–Crippen LogP) is 1.59. The fourth-order valence-electron chi connectivity index (χ4n) is 3.16. The molecule has 1 aromatic heterocycles. The molecule has 0 bridgehead atoms. The van der Waals surface area contributed by atoms with Gasteiger partial charge in [-0.1, -0.05) is 11.6 Å². The van der Waals surface area contributed by atoms with E-state index in [1.807, 2.05) is 12.1 Å². The number of likely N-dealkylation sites (N-methyl/N-ethyl adjacent to an activating group) is 1. The van der Waals surface area contributed by atoms with Crippen LogP contribution < -0.4 is 10.1 Å². The second-order valence-corrected chi connectivity index (χ2v) is 7.16. The van der Waals surface area contributed by atoms with Crippen molar-refractivity contribution in [3.63, 3.8) is 0 Å². The third kappa shape index (κ3) is 3.57. The zero-order valence-electron chi connectivity index (χ0n) is 14.9. The Balaban J connectivity index is 1.27. The maximum atomic E-state index is 12.3. The number of fused-ring (bicyclic) bond motifs is 1. The standard InChI is InChI=1S/C18H20ClN5O3/c1-22-6-7-24-16(17(22)25)12(9-21-24)8-20-18(26)23-10-15(11-23)27-14-4-2-13(19)3-5-14/h2-5,9,15H,6-8,10-11H2,1H3,(H,20,26). The normalized spacial score (nSPS) is 16.7. The quantitative estimate of drug-likeness (QED) is 0.861. The summed E-state index contributed by atoms with van der Waals surface area (Å²) in [5, 5.41) is 7.75. The van der Waals surface area contributed by atoms with Crippen molar-refractivity contribution in [2.24, 2.45) is 0 Å².